The average Bonchev–Trinajstić information content (AvgIpc) is 2.50. The quantitative estimate of drug-likeness (QED) is 0.708. The van der Waals surface area contributed by atoms with Crippen molar-refractivity contribution in [3.8, 4) is 0 Å². The van der Waals surface area contributed by atoms with Crippen molar-refractivity contribution in [1.29, 1.82) is 0 Å². The fourth-order valence-electron chi connectivity index (χ4n) is 2.45. The lowest BCUT2D eigenvalue weighted by Gasteiger charge is -2.37. The molecule has 2 aliphatic rings. The van der Waals surface area contributed by atoms with Crippen LogP contribution >= 0.6 is 0 Å². The Labute approximate surface area is 109 Å². The first-order valence-electron chi connectivity index (χ1n) is 6.76. The zero-order valence-corrected chi connectivity index (χ0v) is 11.6. The number of carbonyl (C=O) groups is 1. The highest BCUT2D eigenvalue weighted by Crippen LogP contribution is 2.23. The fourth-order valence-corrected chi connectivity index (χ4v) is 2.45. The number of carbonyl (C=O) groups excluding carboxylic acids is 1. The Bertz CT molecular complexity index is 301. The van der Waals surface area contributed by atoms with Crippen LogP contribution in [-0.4, -0.2) is 55.5 Å². The second-order valence-electron chi connectivity index (χ2n) is 6.09. The molecule has 1 N–H and O–H groups in total. The van der Waals surface area contributed by atoms with Gasteiger partial charge in [-0.25, -0.2) is 4.79 Å². The van der Waals surface area contributed by atoms with E-state index in [4.69, 9.17) is 9.47 Å². The molecule has 0 saturated carbocycles. The number of hydrogen-bond acceptors (Lipinski definition) is 4. The van der Waals surface area contributed by atoms with E-state index in [0.717, 1.165) is 32.7 Å². The van der Waals surface area contributed by atoms with E-state index in [2.05, 4.69) is 5.32 Å². The summed E-state index contributed by atoms with van der Waals surface area (Å²) in [5, 5.41) is 3.37. The number of fused-ring (bicyclic) bond motifs is 1. The summed E-state index contributed by atoms with van der Waals surface area (Å²) in [4.78, 5) is 13.8. The minimum absolute atomic E-state index is 0.154. The van der Waals surface area contributed by atoms with Gasteiger partial charge in [0, 0.05) is 25.6 Å². The molecule has 0 radical (unpaired) electrons. The minimum Gasteiger partial charge on any atom is -0.444 e. The van der Waals surface area contributed by atoms with Gasteiger partial charge in [0.25, 0.3) is 0 Å². The number of ether oxygens (including phenoxy) is 2. The van der Waals surface area contributed by atoms with Gasteiger partial charge in [0.05, 0.1) is 19.3 Å². The zero-order valence-electron chi connectivity index (χ0n) is 11.6. The van der Waals surface area contributed by atoms with Crippen LogP contribution < -0.4 is 5.32 Å². The molecule has 2 saturated heterocycles. The Kier molecular flexibility index (Phi) is 4.12. The highest BCUT2D eigenvalue weighted by Gasteiger charge is 2.34. The number of amides is 1. The van der Waals surface area contributed by atoms with Crippen molar-refractivity contribution >= 4 is 6.09 Å². The van der Waals surface area contributed by atoms with Crippen molar-refractivity contribution in [3.05, 3.63) is 0 Å². The molecule has 5 heteroatoms. The van der Waals surface area contributed by atoms with E-state index in [1.807, 2.05) is 20.8 Å². The summed E-state index contributed by atoms with van der Waals surface area (Å²) < 4.78 is 11.2. The standard InChI is InChI=1S/C13H24N2O3/c1-13(2,3)18-12(16)15-6-4-10-8-14-5-7-17-11(10)9-15/h10-11,14H,4-9H2,1-3H3. The Hall–Kier alpha value is -0.810. The lowest BCUT2D eigenvalue weighted by atomic mass is 9.94. The van der Waals surface area contributed by atoms with E-state index in [1.54, 1.807) is 4.90 Å². The first-order chi connectivity index (χ1) is 8.46. The summed E-state index contributed by atoms with van der Waals surface area (Å²) in [6.45, 7) is 9.72. The fraction of sp³-hybridized carbons (Fsp3) is 0.923. The third-order valence-corrected chi connectivity index (χ3v) is 3.36. The van der Waals surface area contributed by atoms with Crippen LogP contribution in [0.5, 0.6) is 0 Å². The van der Waals surface area contributed by atoms with Crippen molar-refractivity contribution in [1.82, 2.24) is 10.2 Å². The van der Waals surface area contributed by atoms with Crippen molar-refractivity contribution in [2.45, 2.75) is 38.9 Å². The third kappa shape index (κ3) is 3.59. The number of hydrogen-bond donors (Lipinski definition) is 1. The van der Waals surface area contributed by atoms with Crippen LogP contribution in [0, 0.1) is 5.92 Å². The van der Waals surface area contributed by atoms with Gasteiger partial charge in [-0.2, -0.15) is 0 Å². The van der Waals surface area contributed by atoms with Gasteiger partial charge in [0.2, 0.25) is 0 Å². The predicted molar refractivity (Wildman–Crippen MR) is 68.5 cm³/mol. The molecule has 2 rings (SSSR count). The van der Waals surface area contributed by atoms with E-state index in [-0.39, 0.29) is 12.2 Å². The molecule has 0 spiro atoms. The first-order valence-corrected chi connectivity index (χ1v) is 6.76. The molecule has 2 unspecified atom stereocenters. The van der Waals surface area contributed by atoms with Crippen LogP contribution in [0.15, 0.2) is 0 Å². The number of piperidine rings is 1. The molecule has 2 aliphatic heterocycles. The molecule has 0 aromatic heterocycles. The van der Waals surface area contributed by atoms with Gasteiger partial charge < -0.3 is 19.7 Å². The molecule has 18 heavy (non-hydrogen) atoms. The lowest BCUT2D eigenvalue weighted by molar-refractivity contribution is -0.0349. The largest absolute Gasteiger partial charge is 0.444 e. The van der Waals surface area contributed by atoms with Gasteiger partial charge in [-0.1, -0.05) is 0 Å². The van der Waals surface area contributed by atoms with E-state index >= 15 is 0 Å². The smallest absolute Gasteiger partial charge is 0.410 e. The topological polar surface area (TPSA) is 50.8 Å². The van der Waals surface area contributed by atoms with Crippen LogP contribution in [0.25, 0.3) is 0 Å². The van der Waals surface area contributed by atoms with Crippen LogP contribution in [0.1, 0.15) is 27.2 Å². The summed E-state index contributed by atoms with van der Waals surface area (Å²) >= 11 is 0. The third-order valence-electron chi connectivity index (χ3n) is 3.36. The van der Waals surface area contributed by atoms with Gasteiger partial charge in [-0.05, 0) is 27.2 Å². The molecule has 5 nitrogen and oxygen atoms in total. The average molecular weight is 256 g/mol. The lowest BCUT2D eigenvalue weighted by Crippen LogP contribution is -2.50. The van der Waals surface area contributed by atoms with Crippen LogP contribution in [0.2, 0.25) is 0 Å². The number of likely N-dealkylation sites (tertiary alicyclic amines) is 1. The van der Waals surface area contributed by atoms with Crippen molar-refractivity contribution < 1.29 is 14.3 Å². The highest BCUT2D eigenvalue weighted by atomic mass is 16.6. The van der Waals surface area contributed by atoms with E-state index in [0.29, 0.717) is 12.5 Å². The van der Waals surface area contributed by atoms with Gasteiger partial charge >= 0.3 is 6.09 Å². The second kappa shape index (κ2) is 5.45. The maximum Gasteiger partial charge on any atom is 0.410 e. The normalized spacial score (nSPS) is 29.4. The Balaban J connectivity index is 1.91. The van der Waals surface area contributed by atoms with E-state index in [9.17, 15) is 4.79 Å². The molecule has 104 valence electrons. The molecule has 2 atom stereocenters. The molecule has 1 amide bonds. The van der Waals surface area contributed by atoms with Gasteiger partial charge in [0.1, 0.15) is 5.60 Å². The minimum atomic E-state index is -0.431. The predicted octanol–water partition coefficient (Wildman–Crippen LogP) is 1.23. The number of nitrogens with zero attached hydrogens (tertiary/aromatic N) is 1. The molecular formula is C13H24N2O3. The van der Waals surface area contributed by atoms with Gasteiger partial charge in [-0.3, -0.25) is 0 Å². The molecule has 0 aliphatic carbocycles. The van der Waals surface area contributed by atoms with Crippen LogP contribution in [0.4, 0.5) is 4.79 Å². The van der Waals surface area contributed by atoms with E-state index in [1.165, 1.54) is 0 Å². The molecule has 0 aromatic rings. The monoisotopic (exact) mass is 256 g/mol. The maximum absolute atomic E-state index is 12.0. The Morgan fingerprint density at radius 1 is 1.44 bits per heavy atom. The summed E-state index contributed by atoms with van der Waals surface area (Å²) in [5.41, 5.74) is -0.431. The van der Waals surface area contributed by atoms with Gasteiger partial charge in [-0.15, -0.1) is 0 Å². The Morgan fingerprint density at radius 3 is 2.94 bits per heavy atom. The molecule has 0 bridgehead atoms. The van der Waals surface area contributed by atoms with Crippen LogP contribution in [0.3, 0.4) is 0 Å². The molecule has 2 heterocycles. The zero-order chi connectivity index (χ0) is 13.2. The van der Waals surface area contributed by atoms with Crippen molar-refractivity contribution in [2.75, 3.05) is 32.8 Å². The highest BCUT2D eigenvalue weighted by molar-refractivity contribution is 5.68. The van der Waals surface area contributed by atoms with Crippen molar-refractivity contribution in [3.63, 3.8) is 0 Å². The summed E-state index contributed by atoms with van der Waals surface area (Å²) in [7, 11) is 0. The number of nitrogens with one attached hydrogen (secondary N) is 1. The molecular weight excluding hydrogens is 232 g/mol. The van der Waals surface area contributed by atoms with Crippen molar-refractivity contribution in [2.24, 2.45) is 5.92 Å². The second-order valence-corrected chi connectivity index (χ2v) is 6.09. The summed E-state index contributed by atoms with van der Waals surface area (Å²) in [5.74, 6) is 0.520. The first kappa shape index (κ1) is 13.6. The molecule has 2 fully saturated rings. The molecule has 0 aromatic carbocycles. The van der Waals surface area contributed by atoms with E-state index < -0.39 is 5.60 Å². The SMILES string of the molecule is CC(C)(C)OC(=O)N1CCC2CNCCOC2C1. The Morgan fingerprint density at radius 2 is 2.22 bits per heavy atom. The number of rotatable bonds is 0. The van der Waals surface area contributed by atoms with Crippen LogP contribution in [-0.2, 0) is 9.47 Å². The summed E-state index contributed by atoms with van der Waals surface area (Å²) in [6, 6.07) is 0. The summed E-state index contributed by atoms with van der Waals surface area (Å²) in [6.07, 6.45) is 0.916. The van der Waals surface area contributed by atoms with Gasteiger partial charge in [0.15, 0.2) is 0 Å². The maximum atomic E-state index is 12.0.